The maximum atomic E-state index is 12.1. The van der Waals surface area contributed by atoms with Crippen LogP contribution in [-0.4, -0.2) is 38.6 Å². The van der Waals surface area contributed by atoms with Crippen LogP contribution in [-0.2, 0) is 20.9 Å². The van der Waals surface area contributed by atoms with Crippen molar-refractivity contribution in [3.05, 3.63) is 53.6 Å². The van der Waals surface area contributed by atoms with Crippen LogP contribution in [0.1, 0.15) is 22.8 Å². The molecule has 0 spiro atoms. The number of carbonyl (C=O) groups is 3. The fourth-order valence-corrected chi connectivity index (χ4v) is 2.29. The highest BCUT2D eigenvalue weighted by molar-refractivity contribution is 5.96. The van der Waals surface area contributed by atoms with E-state index in [4.69, 9.17) is 14.2 Å². The first-order chi connectivity index (χ1) is 13.4. The molecular weight excluding hydrogens is 364 g/mol. The Morgan fingerprint density at radius 3 is 2.29 bits per heavy atom. The van der Waals surface area contributed by atoms with Crippen molar-refractivity contribution in [3.8, 4) is 11.5 Å². The Morgan fingerprint density at radius 2 is 1.68 bits per heavy atom. The van der Waals surface area contributed by atoms with E-state index < -0.39 is 18.5 Å². The van der Waals surface area contributed by atoms with Gasteiger partial charge in [0.05, 0.1) is 25.5 Å². The number of amides is 2. The number of anilines is 1. The Kier molecular flexibility index (Phi) is 7.38. The van der Waals surface area contributed by atoms with E-state index in [1.807, 2.05) is 0 Å². The third-order valence-electron chi connectivity index (χ3n) is 3.75. The fraction of sp³-hybridized carbons (Fsp3) is 0.250. The smallest absolute Gasteiger partial charge is 0.338 e. The molecule has 0 radical (unpaired) electrons. The lowest BCUT2D eigenvalue weighted by molar-refractivity contribution is -0.119. The van der Waals surface area contributed by atoms with Gasteiger partial charge in [0, 0.05) is 19.5 Å². The summed E-state index contributed by atoms with van der Waals surface area (Å²) in [5.74, 6) is -0.248. The fourth-order valence-electron chi connectivity index (χ4n) is 2.29. The van der Waals surface area contributed by atoms with Gasteiger partial charge in [-0.25, -0.2) is 4.79 Å². The lowest BCUT2D eigenvalue weighted by Gasteiger charge is -2.12. The van der Waals surface area contributed by atoms with Gasteiger partial charge in [-0.05, 0) is 29.8 Å². The Morgan fingerprint density at radius 1 is 0.964 bits per heavy atom. The number of carbonyl (C=O) groups excluding carboxylic acids is 3. The van der Waals surface area contributed by atoms with Crippen LogP contribution in [0.3, 0.4) is 0 Å². The van der Waals surface area contributed by atoms with Gasteiger partial charge in [-0.2, -0.15) is 0 Å². The van der Waals surface area contributed by atoms with Crippen molar-refractivity contribution >= 4 is 23.5 Å². The average Bonchev–Trinajstić information content (AvgIpc) is 2.71. The molecule has 0 bridgehead atoms. The summed E-state index contributed by atoms with van der Waals surface area (Å²) >= 11 is 0. The highest BCUT2D eigenvalue weighted by atomic mass is 16.5. The van der Waals surface area contributed by atoms with Gasteiger partial charge in [-0.15, -0.1) is 0 Å². The first kappa shape index (κ1) is 20.8. The molecule has 2 aromatic rings. The minimum atomic E-state index is -0.622. The predicted octanol–water partition coefficient (Wildman–Crippen LogP) is 2.14. The van der Waals surface area contributed by atoms with E-state index in [9.17, 15) is 14.4 Å². The number of methoxy groups -OCH3 is 2. The molecule has 0 unspecified atom stereocenters. The molecule has 2 amide bonds. The van der Waals surface area contributed by atoms with Gasteiger partial charge in [0.25, 0.3) is 5.91 Å². The predicted molar refractivity (Wildman–Crippen MR) is 102 cm³/mol. The molecule has 8 heteroatoms. The molecule has 148 valence electrons. The minimum absolute atomic E-state index is 0.136. The minimum Gasteiger partial charge on any atom is -0.497 e. The van der Waals surface area contributed by atoms with Crippen molar-refractivity contribution in [2.45, 2.75) is 13.5 Å². The maximum absolute atomic E-state index is 12.1. The lowest BCUT2D eigenvalue weighted by atomic mass is 10.1. The molecule has 0 heterocycles. The van der Waals surface area contributed by atoms with Crippen LogP contribution in [0.25, 0.3) is 0 Å². The summed E-state index contributed by atoms with van der Waals surface area (Å²) in [7, 11) is 3.00. The van der Waals surface area contributed by atoms with E-state index in [1.165, 1.54) is 21.1 Å². The second-order valence-electron chi connectivity index (χ2n) is 5.80. The zero-order valence-corrected chi connectivity index (χ0v) is 15.9. The molecule has 0 atom stereocenters. The first-order valence-electron chi connectivity index (χ1n) is 8.45. The Balaban J connectivity index is 1.88. The standard InChI is InChI=1S/C20H22N2O6/c1-13(23)21-11-14-4-6-15(7-5-14)20(25)28-12-19(24)22-17-9-8-16(26-2)10-18(17)27-3/h4-10H,11-12H2,1-3H3,(H,21,23)(H,22,24). The van der Waals surface area contributed by atoms with Crippen molar-refractivity contribution in [2.75, 3.05) is 26.1 Å². The molecule has 0 aromatic heterocycles. The molecule has 2 N–H and O–H groups in total. The van der Waals surface area contributed by atoms with Crippen LogP contribution in [0.4, 0.5) is 5.69 Å². The number of hydrogen-bond acceptors (Lipinski definition) is 6. The molecule has 8 nitrogen and oxygen atoms in total. The summed E-state index contributed by atoms with van der Waals surface area (Å²) in [6.45, 7) is 1.36. The van der Waals surface area contributed by atoms with Crippen molar-refractivity contribution < 1.29 is 28.6 Å². The highest BCUT2D eigenvalue weighted by Gasteiger charge is 2.13. The number of ether oxygens (including phenoxy) is 3. The third-order valence-corrected chi connectivity index (χ3v) is 3.75. The van der Waals surface area contributed by atoms with E-state index in [0.29, 0.717) is 29.3 Å². The molecular formula is C20H22N2O6. The van der Waals surface area contributed by atoms with Crippen LogP contribution in [0.15, 0.2) is 42.5 Å². The van der Waals surface area contributed by atoms with E-state index >= 15 is 0 Å². The van der Waals surface area contributed by atoms with Gasteiger partial charge in [0.1, 0.15) is 11.5 Å². The number of esters is 1. The zero-order valence-electron chi connectivity index (χ0n) is 15.9. The van der Waals surface area contributed by atoms with E-state index in [-0.39, 0.29) is 5.91 Å². The molecule has 0 aliphatic carbocycles. The largest absolute Gasteiger partial charge is 0.497 e. The molecule has 0 aliphatic rings. The summed E-state index contributed by atoms with van der Waals surface area (Å²) in [4.78, 5) is 35.0. The number of rotatable bonds is 8. The van der Waals surface area contributed by atoms with Crippen LogP contribution in [0, 0.1) is 0 Å². The summed E-state index contributed by atoms with van der Waals surface area (Å²) in [5, 5.41) is 5.28. The lowest BCUT2D eigenvalue weighted by Crippen LogP contribution is -2.21. The first-order valence-corrected chi connectivity index (χ1v) is 8.45. The van der Waals surface area contributed by atoms with Crippen molar-refractivity contribution in [1.82, 2.24) is 5.32 Å². The van der Waals surface area contributed by atoms with E-state index in [1.54, 1.807) is 42.5 Å². The van der Waals surface area contributed by atoms with Crippen LogP contribution >= 0.6 is 0 Å². The summed E-state index contributed by atoms with van der Waals surface area (Å²) < 4.78 is 15.3. The summed E-state index contributed by atoms with van der Waals surface area (Å²) in [6.07, 6.45) is 0. The Labute approximate surface area is 162 Å². The molecule has 0 aliphatic heterocycles. The molecule has 0 saturated heterocycles. The van der Waals surface area contributed by atoms with Gasteiger partial charge in [-0.1, -0.05) is 12.1 Å². The number of nitrogens with one attached hydrogen (secondary N) is 2. The molecule has 0 saturated carbocycles. The van der Waals surface area contributed by atoms with Crippen LogP contribution in [0.5, 0.6) is 11.5 Å². The second-order valence-corrected chi connectivity index (χ2v) is 5.80. The van der Waals surface area contributed by atoms with E-state index in [2.05, 4.69) is 10.6 Å². The molecule has 2 aromatic carbocycles. The maximum Gasteiger partial charge on any atom is 0.338 e. The SMILES string of the molecule is COc1ccc(NC(=O)COC(=O)c2ccc(CNC(C)=O)cc2)c(OC)c1. The average molecular weight is 386 g/mol. The quantitative estimate of drug-likeness (QED) is 0.674. The van der Waals surface area contributed by atoms with Gasteiger partial charge in [-0.3, -0.25) is 9.59 Å². The number of benzene rings is 2. The molecule has 2 rings (SSSR count). The second kappa shape index (κ2) is 9.96. The van der Waals surface area contributed by atoms with Crippen LogP contribution in [0.2, 0.25) is 0 Å². The van der Waals surface area contributed by atoms with Crippen molar-refractivity contribution in [2.24, 2.45) is 0 Å². The van der Waals surface area contributed by atoms with Gasteiger partial charge < -0.3 is 24.8 Å². The molecule has 0 fully saturated rings. The highest BCUT2D eigenvalue weighted by Crippen LogP contribution is 2.28. The normalized spacial score (nSPS) is 9.96. The zero-order chi connectivity index (χ0) is 20.5. The van der Waals surface area contributed by atoms with Crippen molar-refractivity contribution in [1.29, 1.82) is 0 Å². The van der Waals surface area contributed by atoms with E-state index in [0.717, 1.165) is 5.56 Å². The number of hydrogen-bond donors (Lipinski definition) is 2. The van der Waals surface area contributed by atoms with Crippen LogP contribution < -0.4 is 20.1 Å². The Bertz CT molecular complexity index is 848. The summed E-state index contributed by atoms with van der Waals surface area (Å²) in [6, 6.07) is 11.5. The Hall–Kier alpha value is -3.55. The van der Waals surface area contributed by atoms with Gasteiger partial charge in [0.2, 0.25) is 5.91 Å². The van der Waals surface area contributed by atoms with Crippen molar-refractivity contribution in [3.63, 3.8) is 0 Å². The molecule has 28 heavy (non-hydrogen) atoms. The third kappa shape index (κ3) is 6.01. The topological polar surface area (TPSA) is 103 Å². The summed E-state index contributed by atoms with van der Waals surface area (Å²) in [5.41, 5.74) is 1.59. The van der Waals surface area contributed by atoms with Gasteiger partial charge in [0.15, 0.2) is 6.61 Å². The van der Waals surface area contributed by atoms with Gasteiger partial charge >= 0.3 is 5.97 Å². The monoisotopic (exact) mass is 386 g/mol.